The van der Waals surface area contributed by atoms with Gasteiger partial charge in [0.1, 0.15) is 5.69 Å². The molecule has 0 radical (unpaired) electrons. The molecule has 0 bridgehead atoms. The van der Waals surface area contributed by atoms with E-state index in [0.717, 1.165) is 11.1 Å². The van der Waals surface area contributed by atoms with Crippen LogP contribution in [0.4, 0.5) is 0 Å². The Morgan fingerprint density at radius 3 is 2.68 bits per heavy atom. The zero-order chi connectivity index (χ0) is 19.5. The highest BCUT2D eigenvalue weighted by atomic mass is 16.5. The summed E-state index contributed by atoms with van der Waals surface area (Å²) in [6.07, 6.45) is 2.69. The Hall–Kier alpha value is -3.19. The maximum absolute atomic E-state index is 12.8. The number of ether oxygens (including phenoxy) is 1. The number of hydrogen-bond acceptors (Lipinski definition) is 5. The van der Waals surface area contributed by atoms with E-state index in [1.807, 2.05) is 36.4 Å². The van der Waals surface area contributed by atoms with Crippen LogP contribution in [0.15, 0.2) is 54.7 Å². The molecule has 28 heavy (non-hydrogen) atoms. The topological polar surface area (TPSA) is 100 Å². The minimum absolute atomic E-state index is 0.158. The van der Waals surface area contributed by atoms with E-state index in [0.29, 0.717) is 30.1 Å². The van der Waals surface area contributed by atoms with Gasteiger partial charge in [-0.1, -0.05) is 36.4 Å². The van der Waals surface area contributed by atoms with Gasteiger partial charge in [0.05, 0.1) is 24.9 Å². The molecule has 7 heteroatoms. The summed E-state index contributed by atoms with van der Waals surface area (Å²) in [6.45, 7) is 0. The molecule has 1 amide bonds. The van der Waals surface area contributed by atoms with Gasteiger partial charge in [-0.05, 0) is 30.4 Å². The fraction of sp³-hybridized carbons (Fsp3) is 0.286. The highest BCUT2D eigenvalue weighted by molar-refractivity contribution is 5.93. The second-order valence-electron chi connectivity index (χ2n) is 7.00. The number of carbonyl (C=O) groups excluding carboxylic acids is 1. The molecular weight excluding hydrogens is 356 g/mol. The highest BCUT2D eigenvalue weighted by Crippen LogP contribution is 2.38. The zero-order valence-electron chi connectivity index (χ0n) is 15.5. The third kappa shape index (κ3) is 3.75. The Labute approximate surface area is 162 Å². The summed E-state index contributed by atoms with van der Waals surface area (Å²) < 4.78 is 5.11. The Bertz CT molecular complexity index is 934. The van der Waals surface area contributed by atoms with E-state index in [-0.39, 0.29) is 24.0 Å². The van der Waals surface area contributed by atoms with Crippen LogP contribution in [-0.2, 0) is 0 Å². The summed E-state index contributed by atoms with van der Waals surface area (Å²) in [7, 11) is 1.56. The van der Waals surface area contributed by atoms with Crippen molar-refractivity contribution in [3.8, 4) is 17.1 Å². The van der Waals surface area contributed by atoms with E-state index in [1.165, 1.54) is 0 Å². The highest BCUT2D eigenvalue weighted by Gasteiger charge is 2.36. The number of pyridine rings is 1. The second kappa shape index (κ2) is 7.82. The number of carbonyl (C=O) groups is 1. The Balaban J connectivity index is 1.53. The van der Waals surface area contributed by atoms with Crippen LogP contribution in [0, 0.1) is 5.92 Å². The molecule has 4 rings (SSSR count). The first-order chi connectivity index (χ1) is 13.6. The number of aliphatic hydroxyl groups is 1. The van der Waals surface area contributed by atoms with Crippen molar-refractivity contribution >= 4 is 5.91 Å². The van der Waals surface area contributed by atoms with Crippen molar-refractivity contribution in [2.45, 2.75) is 25.0 Å². The first-order valence-electron chi connectivity index (χ1n) is 9.23. The molecule has 7 nitrogen and oxygen atoms in total. The number of aliphatic hydroxyl groups excluding tert-OH is 1. The van der Waals surface area contributed by atoms with Gasteiger partial charge in [-0.3, -0.25) is 9.89 Å². The van der Waals surface area contributed by atoms with Gasteiger partial charge in [0.15, 0.2) is 0 Å². The minimum Gasteiger partial charge on any atom is -0.481 e. The van der Waals surface area contributed by atoms with Gasteiger partial charge in [-0.15, -0.1) is 0 Å². The number of nitrogens with one attached hydrogen (secondary N) is 2. The van der Waals surface area contributed by atoms with Crippen LogP contribution < -0.4 is 10.1 Å². The molecule has 1 saturated carbocycles. The summed E-state index contributed by atoms with van der Waals surface area (Å²) in [5, 5.41) is 19.8. The van der Waals surface area contributed by atoms with Gasteiger partial charge in [0.25, 0.3) is 5.91 Å². The number of rotatable bonds is 6. The van der Waals surface area contributed by atoms with Crippen molar-refractivity contribution in [1.82, 2.24) is 20.5 Å². The predicted octanol–water partition coefficient (Wildman–Crippen LogP) is 2.72. The molecule has 1 aliphatic rings. The number of hydrogen-bond donors (Lipinski definition) is 3. The first kappa shape index (κ1) is 18.2. The van der Waals surface area contributed by atoms with Gasteiger partial charge in [-0.25, -0.2) is 4.98 Å². The van der Waals surface area contributed by atoms with Crippen LogP contribution in [0.2, 0.25) is 0 Å². The number of H-pyrrole nitrogens is 1. The van der Waals surface area contributed by atoms with E-state index in [9.17, 15) is 9.90 Å². The van der Waals surface area contributed by atoms with Crippen LogP contribution in [0.25, 0.3) is 11.3 Å². The monoisotopic (exact) mass is 378 g/mol. The summed E-state index contributed by atoms with van der Waals surface area (Å²) >= 11 is 0. The molecule has 2 aromatic heterocycles. The van der Waals surface area contributed by atoms with Gasteiger partial charge in [-0.2, -0.15) is 5.10 Å². The quantitative estimate of drug-likeness (QED) is 0.612. The average Bonchev–Trinajstić information content (AvgIpc) is 3.21. The maximum atomic E-state index is 12.8. The largest absolute Gasteiger partial charge is 0.481 e. The second-order valence-corrected chi connectivity index (χ2v) is 7.00. The van der Waals surface area contributed by atoms with Gasteiger partial charge >= 0.3 is 0 Å². The van der Waals surface area contributed by atoms with Gasteiger partial charge in [0, 0.05) is 17.8 Å². The summed E-state index contributed by atoms with van der Waals surface area (Å²) in [5.41, 5.74) is 2.93. The van der Waals surface area contributed by atoms with Crippen LogP contribution >= 0.6 is 0 Å². The predicted molar refractivity (Wildman–Crippen MR) is 104 cm³/mol. The molecule has 1 aromatic carbocycles. The van der Waals surface area contributed by atoms with Crippen molar-refractivity contribution in [3.05, 3.63) is 66.0 Å². The third-order valence-electron chi connectivity index (χ3n) is 5.13. The molecule has 144 valence electrons. The van der Waals surface area contributed by atoms with Crippen LogP contribution in [0.5, 0.6) is 5.88 Å². The molecule has 3 N–H and O–H groups in total. The zero-order valence-corrected chi connectivity index (χ0v) is 15.5. The molecule has 3 aromatic rings. The number of methoxy groups -OCH3 is 1. The molecule has 1 aliphatic carbocycles. The Morgan fingerprint density at radius 2 is 2.04 bits per heavy atom. The number of amides is 1. The van der Waals surface area contributed by atoms with Crippen molar-refractivity contribution < 1.29 is 14.6 Å². The molecule has 1 fully saturated rings. The molecule has 0 unspecified atom stereocenters. The number of nitrogens with zero attached hydrogens (tertiary/aromatic N) is 2. The standard InChI is InChI=1S/C21H22N4O3/c1-28-19-8-7-14(12-22-19)20(15-9-16(26)10-15)23-21(27)18-11-17(24-25-18)13-5-3-2-4-6-13/h2-8,11-12,15-16,20,26H,9-10H2,1H3,(H,23,27)(H,24,25)/t15?,16?,20-/m1/s1. The molecular formula is C21H22N4O3. The normalized spacial score (nSPS) is 19.5. The van der Waals surface area contributed by atoms with Crippen molar-refractivity contribution in [3.63, 3.8) is 0 Å². The van der Waals surface area contributed by atoms with Crippen molar-refractivity contribution in [2.75, 3.05) is 7.11 Å². The van der Waals surface area contributed by atoms with Crippen molar-refractivity contribution in [1.29, 1.82) is 0 Å². The van der Waals surface area contributed by atoms with Crippen LogP contribution in [-0.4, -0.2) is 39.4 Å². The first-order valence-corrected chi connectivity index (χ1v) is 9.23. The summed E-state index contributed by atoms with van der Waals surface area (Å²) in [5.74, 6) is 0.436. The number of benzene rings is 1. The molecule has 0 aliphatic heterocycles. The van der Waals surface area contributed by atoms with E-state index in [1.54, 1.807) is 25.4 Å². The average molecular weight is 378 g/mol. The summed E-state index contributed by atoms with van der Waals surface area (Å²) in [4.78, 5) is 17.1. The van der Waals surface area contributed by atoms with Crippen molar-refractivity contribution in [2.24, 2.45) is 5.92 Å². The lowest BCUT2D eigenvalue weighted by molar-refractivity contribution is 0.0234. The van der Waals surface area contributed by atoms with E-state index in [2.05, 4.69) is 20.5 Å². The van der Waals surface area contributed by atoms with Crippen LogP contribution in [0.3, 0.4) is 0 Å². The molecule has 0 spiro atoms. The smallest absolute Gasteiger partial charge is 0.269 e. The number of aromatic amines is 1. The number of aromatic nitrogens is 3. The lowest BCUT2D eigenvalue weighted by atomic mass is 9.75. The van der Waals surface area contributed by atoms with Gasteiger partial charge < -0.3 is 15.2 Å². The fourth-order valence-electron chi connectivity index (χ4n) is 3.49. The van der Waals surface area contributed by atoms with E-state index >= 15 is 0 Å². The SMILES string of the molecule is COc1ccc([C@@H](NC(=O)c2cc(-c3ccccc3)n[nH]2)C2CC(O)C2)cn1. The fourth-order valence-corrected chi connectivity index (χ4v) is 3.49. The molecule has 0 saturated heterocycles. The third-order valence-corrected chi connectivity index (χ3v) is 5.13. The minimum atomic E-state index is -0.313. The lowest BCUT2D eigenvalue weighted by Gasteiger charge is -2.38. The Kier molecular flexibility index (Phi) is 5.08. The van der Waals surface area contributed by atoms with E-state index < -0.39 is 0 Å². The molecule has 2 heterocycles. The van der Waals surface area contributed by atoms with E-state index in [4.69, 9.17) is 4.74 Å². The maximum Gasteiger partial charge on any atom is 0.269 e. The van der Waals surface area contributed by atoms with Gasteiger partial charge in [0.2, 0.25) is 5.88 Å². The van der Waals surface area contributed by atoms with Crippen LogP contribution in [0.1, 0.15) is 34.9 Å². The lowest BCUT2D eigenvalue weighted by Crippen LogP contribution is -2.41. The Morgan fingerprint density at radius 1 is 1.25 bits per heavy atom. The summed E-state index contributed by atoms with van der Waals surface area (Å²) in [6, 6.07) is 14.8. The molecule has 1 atom stereocenters.